The molecule has 6 heteroatoms. The predicted molar refractivity (Wildman–Crippen MR) is 100.0 cm³/mol. The van der Waals surface area contributed by atoms with Crippen LogP contribution in [-0.4, -0.2) is 11.0 Å². The van der Waals surface area contributed by atoms with Crippen molar-refractivity contribution in [2.24, 2.45) is 0 Å². The molecule has 120 valence electrons. The van der Waals surface area contributed by atoms with Gasteiger partial charge in [-0.2, -0.15) is 0 Å². The van der Waals surface area contributed by atoms with E-state index in [1.54, 1.807) is 12.1 Å². The summed E-state index contributed by atoms with van der Waals surface area (Å²) in [6, 6.07) is 17.2. The second-order valence-corrected chi connectivity index (χ2v) is 6.25. The summed E-state index contributed by atoms with van der Waals surface area (Å²) < 4.78 is 0.924. The van der Waals surface area contributed by atoms with E-state index in [1.165, 1.54) is 0 Å². The minimum atomic E-state index is -0.241. The molecule has 0 aliphatic carbocycles. The largest absolute Gasteiger partial charge is 0.355 e. The maximum absolute atomic E-state index is 12.0. The second-order valence-electron chi connectivity index (χ2n) is 4.93. The number of halogens is 1. The minimum Gasteiger partial charge on any atom is -0.355 e. The Kier molecular flexibility index (Phi) is 6.55. The third-order valence-electron chi connectivity index (χ3n) is 3.31. The van der Waals surface area contributed by atoms with Crippen LogP contribution >= 0.6 is 28.1 Å². The lowest BCUT2D eigenvalue weighted by molar-refractivity contribution is 0.0943. The van der Waals surface area contributed by atoms with Gasteiger partial charge in [0.25, 0.3) is 5.91 Å². The molecule has 2 aromatic rings. The fraction of sp³-hybridized carbons (Fsp3) is 0.176. The van der Waals surface area contributed by atoms with Crippen LogP contribution in [0.5, 0.6) is 0 Å². The van der Waals surface area contributed by atoms with Crippen LogP contribution in [0.1, 0.15) is 35.3 Å². The van der Waals surface area contributed by atoms with Gasteiger partial charge in [-0.1, -0.05) is 53.2 Å². The lowest BCUT2D eigenvalue weighted by Gasteiger charge is -2.20. The number of thiocarbonyl (C=S) groups is 1. The molecule has 2 aromatic carbocycles. The summed E-state index contributed by atoms with van der Waals surface area (Å²) >= 11 is 8.58. The molecule has 0 aliphatic heterocycles. The Bertz CT molecular complexity index is 661. The molecular formula is C17H18BrN3OS. The molecule has 4 nitrogen and oxygen atoms in total. The van der Waals surface area contributed by atoms with Crippen molar-refractivity contribution in [3.05, 3.63) is 70.2 Å². The number of benzene rings is 2. The van der Waals surface area contributed by atoms with Crippen LogP contribution in [0.4, 0.5) is 0 Å². The lowest BCUT2D eigenvalue weighted by atomic mass is 10.1. The van der Waals surface area contributed by atoms with Crippen molar-refractivity contribution in [1.82, 2.24) is 16.2 Å². The summed E-state index contributed by atoms with van der Waals surface area (Å²) in [4.78, 5) is 12.0. The first-order valence-corrected chi connectivity index (χ1v) is 8.47. The Morgan fingerprint density at radius 2 is 1.74 bits per heavy atom. The average molecular weight is 392 g/mol. The SMILES string of the molecule is CC[C@@H](NC(=S)NNC(=O)c1ccc(Br)cc1)c1ccccc1. The zero-order valence-corrected chi connectivity index (χ0v) is 15.1. The molecular weight excluding hydrogens is 374 g/mol. The summed E-state index contributed by atoms with van der Waals surface area (Å²) in [6.45, 7) is 2.08. The summed E-state index contributed by atoms with van der Waals surface area (Å²) in [5.41, 5.74) is 7.04. The highest BCUT2D eigenvalue weighted by atomic mass is 79.9. The predicted octanol–water partition coefficient (Wildman–Crippen LogP) is 3.71. The van der Waals surface area contributed by atoms with E-state index in [1.807, 2.05) is 42.5 Å². The van der Waals surface area contributed by atoms with Crippen LogP contribution < -0.4 is 16.2 Å². The van der Waals surface area contributed by atoms with Crippen LogP contribution in [0.3, 0.4) is 0 Å². The molecule has 0 spiro atoms. The first-order valence-electron chi connectivity index (χ1n) is 7.27. The molecule has 0 radical (unpaired) electrons. The molecule has 0 aromatic heterocycles. The van der Waals surface area contributed by atoms with Gasteiger partial charge in [-0.05, 0) is 48.5 Å². The van der Waals surface area contributed by atoms with Crippen molar-refractivity contribution < 1.29 is 4.79 Å². The first kappa shape index (κ1) is 17.4. The van der Waals surface area contributed by atoms with E-state index in [2.05, 4.69) is 39.0 Å². The van der Waals surface area contributed by atoms with Crippen molar-refractivity contribution in [2.45, 2.75) is 19.4 Å². The summed E-state index contributed by atoms with van der Waals surface area (Å²) in [7, 11) is 0. The maximum Gasteiger partial charge on any atom is 0.269 e. The number of carbonyl (C=O) groups excluding carboxylic acids is 1. The van der Waals surface area contributed by atoms with Crippen LogP contribution in [0, 0.1) is 0 Å². The van der Waals surface area contributed by atoms with Gasteiger partial charge in [-0.25, -0.2) is 0 Å². The Balaban J connectivity index is 1.87. The third kappa shape index (κ3) is 5.33. The van der Waals surface area contributed by atoms with E-state index in [-0.39, 0.29) is 11.9 Å². The zero-order chi connectivity index (χ0) is 16.7. The fourth-order valence-electron chi connectivity index (χ4n) is 2.09. The first-order chi connectivity index (χ1) is 11.1. The minimum absolute atomic E-state index is 0.0979. The molecule has 2 rings (SSSR count). The molecule has 1 atom stereocenters. The highest BCUT2D eigenvalue weighted by Gasteiger charge is 2.11. The Hall–Kier alpha value is -1.92. The fourth-order valence-corrected chi connectivity index (χ4v) is 2.55. The number of rotatable bonds is 4. The highest BCUT2D eigenvalue weighted by molar-refractivity contribution is 9.10. The van der Waals surface area contributed by atoms with Crippen molar-refractivity contribution in [3.63, 3.8) is 0 Å². The molecule has 0 saturated heterocycles. The quantitative estimate of drug-likeness (QED) is 0.549. The van der Waals surface area contributed by atoms with E-state index in [0.29, 0.717) is 10.7 Å². The summed E-state index contributed by atoms with van der Waals surface area (Å²) in [5, 5.41) is 3.58. The molecule has 1 amide bonds. The Morgan fingerprint density at radius 1 is 1.09 bits per heavy atom. The number of hydrogen-bond acceptors (Lipinski definition) is 2. The topological polar surface area (TPSA) is 53.2 Å². The van der Waals surface area contributed by atoms with Crippen molar-refractivity contribution in [3.8, 4) is 0 Å². The van der Waals surface area contributed by atoms with E-state index in [0.717, 1.165) is 16.5 Å². The van der Waals surface area contributed by atoms with Gasteiger partial charge < -0.3 is 5.32 Å². The monoisotopic (exact) mass is 391 g/mol. The molecule has 0 heterocycles. The van der Waals surface area contributed by atoms with Gasteiger partial charge in [0.05, 0.1) is 6.04 Å². The van der Waals surface area contributed by atoms with Gasteiger partial charge in [0.2, 0.25) is 0 Å². The average Bonchev–Trinajstić information content (AvgIpc) is 2.59. The van der Waals surface area contributed by atoms with Crippen LogP contribution in [-0.2, 0) is 0 Å². The molecule has 0 aliphatic rings. The summed E-state index contributed by atoms with van der Waals surface area (Å²) in [5.74, 6) is -0.241. The highest BCUT2D eigenvalue weighted by Crippen LogP contribution is 2.15. The van der Waals surface area contributed by atoms with Gasteiger partial charge in [-0.3, -0.25) is 15.6 Å². The van der Waals surface area contributed by atoms with Crippen LogP contribution in [0.15, 0.2) is 59.1 Å². The van der Waals surface area contributed by atoms with Gasteiger partial charge in [0, 0.05) is 10.0 Å². The number of carbonyl (C=O) groups is 1. The zero-order valence-electron chi connectivity index (χ0n) is 12.7. The third-order valence-corrected chi connectivity index (χ3v) is 4.06. The number of nitrogens with one attached hydrogen (secondary N) is 3. The standard InChI is InChI=1S/C17H18BrN3OS/c1-2-15(12-6-4-3-5-7-12)19-17(23)21-20-16(22)13-8-10-14(18)11-9-13/h3-11,15H,2H2,1H3,(H,20,22)(H2,19,21,23)/t15-/m1/s1. The van der Waals surface area contributed by atoms with Crippen LogP contribution in [0.25, 0.3) is 0 Å². The Labute approximate surface area is 149 Å². The number of hydrazine groups is 1. The van der Waals surface area contributed by atoms with E-state index in [4.69, 9.17) is 12.2 Å². The number of amides is 1. The van der Waals surface area contributed by atoms with E-state index >= 15 is 0 Å². The smallest absolute Gasteiger partial charge is 0.269 e. The van der Waals surface area contributed by atoms with Gasteiger partial charge in [0.15, 0.2) is 5.11 Å². The second kappa shape index (κ2) is 8.64. The molecule has 23 heavy (non-hydrogen) atoms. The van der Waals surface area contributed by atoms with Gasteiger partial charge in [-0.15, -0.1) is 0 Å². The lowest BCUT2D eigenvalue weighted by Crippen LogP contribution is -2.47. The van der Waals surface area contributed by atoms with Crippen molar-refractivity contribution in [1.29, 1.82) is 0 Å². The molecule has 0 fully saturated rings. The van der Waals surface area contributed by atoms with Gasteiger partial charge in [0.1, 0.15) is 0 Å². The molecule has 3 N–H and O–H groups in total. The number of hydrogen-bond donors (Lipinski definition) is 3. The molecule has 0 bridgehead atoms. The maximum atomic E-state index is 12.0. The molecule has 0 unspecified atom stereocenters. The van der Waals surface area contributed by atoms with Crippen molar-refractivity contribution >= 4 is 39.2 Å². The summed E-state index contributed by atoms with van der Waals surface area (Å²) in [6.07, 6.45) is 0.881. The van der Waals surface area contributed by atoms with E-state index in [9.17, 15) is 4.79 Å². The molecule has 0 saturated carbocycles. The van der Waals surface area contributed by atoms with E-state index < -0.39 is 0 Å². The normalized spacial score (nSPS) is 11.4. The van der Waals surface area contributed by atoms with Crippen molar-refractivity contribution in [2.75, 3.05) is 0 Å². The van der Waals surface area contributed by atoms with Gasteiger partial charge >= 0.3 is 0 Å². The Morgan fingerprint density at radius 3 is 2.35 bits per heavy atom. The van der Waals surface area contributed by atoms with Crippen LogP contribution in [0.2, 0.25) is 0 Å².